The number of carbonyl (C=O) groups is 1. The molecule has 1 N–H and O–H groups in total. The normalized spacial score (nSPS) is 18.0. The zero-order valence-corrected chi connectivity index (χ0v) is 18.9. The summed E-state index contributed by atoms with van der Waals surface area (Å²) in [5.74, 6) is 0.559. The fourth-order valence-electron chi connectivity index (χ4n) is 4.61. The van der Waals surface area contributed by atoms with Crippen molar-refractivity contribution in [3.05, 3.63) is 59.2 Å². The molecule has 2 heterocycles. The quantitative estimate of drug-likeness (QED) is 0.744. The number of hydrogen-bond donors (Lipinski definition) is 1. The number of fused-ring (bicyclic) bond motifs is 1. The summed E-state index contributed by atoms with van der Waals surface area (Å²) < 4.78 is 5.66. The minimum atomic E-state index is -0.0796. The topological polar surface area (TPSA) is 48.1 Å². The van der Waals surface area contributed by atoms with E-state index < -0.39 is 0 Å². The van der Waals surface area contributed by atoms with Crippen LogP contribution in [0.15, 0.2) is 42.5 Å². The number of ether oxygens (including phenoxy) is 1. The van der Waals surface area contributed by atoms with Gasteiger partial charge in [-0.2, -0.15) is 0 Å². The summed E-state index contributed by atoms with van der Waals surface area (Å²) in [6.45, 7) is 8.23. The number of anilines is 1. The molecule has 166 valence electrons. The molecular weight excluding hydrogens is 388 g/mol. The second kappa shape index (κ2) is 9.71. The minimum absolute atomic E-state index is 0.0796. The van der Waals surface area contributed by atoms with E-state index in [-0.39, 0.29) is 11.9 Å². The molecule has 0 spiro atoms. The van der Waals surface area contributed by atoms with E-state index >= 15 is 0 Å². The van der Waals surface area contributed by atoms with Crippen molar-refractivity contribution in [1.29, 1.82) is 0 Å². The van der Waals surface area contributed by atoms with E-state index in [1.165, 1.54) is 16.8 Å². The fraction of sp³-hybridized carbons (Fsp3) is 0.480. The lowest BCUT2D eigenvalue weighted by atomic mass is 10.00. The van der Waals surface area contributed by atoms with Crippen molar-refractivity contribution in [3.63, 3.8) is 0 Å². The van der Waals surface area contributed by atoms with Gasteiger partial charge in [-0.15, -0.1) is 0 Å². The third-order valence-corrected chi connectivity index (χ3v) is 6.48. The molecule has 0 aliphatic carbocycles. The number of carbonyl (C=O) groups excluding carboxylic acids is 1. The van der Waals surface area contributed by atoms with Crippen LogP contribution in [0.2, 0.25) is 0 Å². The van der Waals surface area contributed by atoms with Crippen molar-refractivity contribution < 1.29 is 9.53 Å². The average Bonchev–Trinajstić information content (AvgIpc) is 3.16. The van der Waals surface area contributed by atoms with Gasteiger partial charge in [0, 0.05) is 52.0 Å². The van der Waals surface area contributed by atoms with Gasteiger partial charge in [0.15, 0.2) is 0 Å². The number of para-hydroxylation sites is 1. The van der Waals surface area contributed by atoms with Gasteiger partial charge in [-0.25, -0.2) is 0 Å². The molecule has 4 rings (SSSR count). The molecule has 31 heavy (non-hydrogen) atoms. The first-order chi connectivity index (χ1) is 15.1. The number of piperazine rings is 1. The van der Waals surface area contributed by atoms with Gasteiger partial charge in [0.05, 0.1) is 18.2 Å². The SMILES string of the molecule is CCOc1ccccc1C(=O)NC[C@H](c1ccc2c(c1)CCN2C)N1CCN(C)CC1. The van der Waals surface area contributed by atoms with E-state index in [4.69, 9.17) is 4.74 Å². The smallest absolute Gasteiger partial charge is 0.255 e. The standard InChI is InChI=1S/C25H34N4O2/c1-4-31-24-8-6-5-7-21(24)25(30)26-18-23(29-15-13-27(2)14-16-29)19-9-10-22-20(17-19)11-12-28(22)3/h5-10,17,23H,4,11-16,18H2,1-3H3,(H,26,30)/t23-/m1/s1. The maximum atomic E-state index is 13.0. The van der Waals surface area contributed by atoms with Crippen LogP contribution in [0.25, 0.3) is 0 Å². The molecule has 6 heteroatoms. The maximum Gasteiger partial charge on any atom is 0.255 e. The first-order valence-corrected chi connectivity index (χ1v) is 11.3. The van der Waals surface area contributed by atoms with Crippen LogP contribution in [0.4, 0.5) is 5.69 Å². The first-order valence-electron chi connectivity index (χ1n) is 11.3. The van der Waals surface area contributed by atoms with Gasteiger partial charge in [0.25, 0.3) is 5.91 Å². The lowest BCUT2D eigenvalue weighted by molar-refractivity contribution is 0.0883. The zero-order chi connectivity index (χ0) is 21.8. The Bertz CT molecular complexity index is 908. The van der Waals surface area contributed by atoms with Crippen molar-refractivity contribution in [1.82, 2.24) is 15.1 Å². The van der Waals surface area contributed by atoms with Gasteiger partial charge in [0.1, 0.15) is 5.75 Å². The Kier molecular flexibility index (Phi) is 6.78. The van der Waals surface area contributed by atoms with Crippen molar-refractivity contribution in [3.8, 4) is 5.75 Å². The predicted octanol–water partition coefficient (Wildman–Crippen LogP) is 2.80. The van der Waals surface area contributed by atoms with Crippen LogP contribution in [0.1, 0.15) is 34.5 Å². The summed E-state index contributed by atoms with van der Waals surface area (Å²) in [6.07, 6.45) is 1.09. The molecular formula is C25H34N4O2. The predicted molar refractivity (Wildman–Crippen MR) is 125 cm³/mol. The Morgan fingerprint density at radius 2 is 1.84 bits per heavy atom. The zero-order valence-electron chi connectivity index (χ0n) is 18.9. The molecule has 0 bridgehead atoms. The highest BCUT2D eigenvalue weighted by atomic mass is 16.5. The van der Waals surface area contributed by atoms with Crippen LogP contribution < -0.4 is 15.0 Å². The second-order valence-corrected chi connectivity index (χ2v) is 8.55. The Morgan fingerprint density at radius 3 is 2.61 bits per heavy atom. The molecule has 0 aromatic heterocycles. The number of nitrogens with zero attached hydrogens (tertiary/aromatic N) is 3. The van der Waals surface area contributed by atoms with Crippen LogP contribution in [0.5, 0.6) is 5.75 Å². The van der Waals surface area contributed by atoms with Crippen molar-refractivity contribution >= 4 is 11.6 Å². The van der Waals surface area contributed by atoms with Gasteiger partial charge >= 0.3 is 0 Å². The largest absolute Gasteiger partial charge is 0.493 e. The molecule has 0 unspecified atom stereocenters. The van der Waals surface area contributed by atoms with Crippen LogP contribution in [-0.4, -0.2) is 75.7 Å². The minimum Gasteiger partial charge on any atom is -0.493 e. The molecule has 1 amide bonds. The number of hydrogen-bond acceptors (Lipinski definition) is 5. The summed E-state index contributed by atoms with van der Waals surface area (Å²) in [5, 5.41) is 3.20. The Labute approximate surface area is 185 Å². The Morgan fingerprint density at radius 1 is 1.06 bits per heavy atom. The van der Waals surface area contributed by atoms with Gasteiger partial charge < -0.3 is 19.9 Å². The molecule has 0 radical (unpaired) electrons. The fourth-order valence-corrected chi connectivity index (χ4v) is 4.61. The molecule has 2 aromatic rings. The Hall–Kier alpha value is -2.57. The van der Waals surface area contributed by atoms with Crippen molar-refractivity contribution in [2.45, 2.75) is 19.4 Å². The van der Waals surface area contributed by atoms with E-state index in [1.54, 1.807) is 0 Å². The summed E-state index contributed by atoms with van der Waals surface area (Å²) in [5.41, 5.74) is 4.62. The summed E-state index contributed by atoms with van der Waals surface area (Å²) in [4.78, 5) is 20.2. The number of rotatable bonds is 7. The summed E-state index contributed by atoms with van der Waals surface area (Å²) in [6, 6.07) is 14.5. The van der Waals surface area contributed by atoms with Gasteiger partial charge in [0.2, 0.25) is 0 Å². The van der Waals surface area contributed by atoms with Crippen LogP contribution in [-0.2, 0) is 6.42 Å². The van der Waals surface area contributed by atoms with Crippen LogP contribution in [0, 0.1) is 0 Å². The van der Waals surface area contributed by atoms with E-state index in [1.807, 2.05) is 31.2 Å². The van der Waals surface area contributed by atoms with E-state index in [2.05, 4.69) is 52.3 Å². The van der Waals surface area contributed by atoms with Gasteiger partial charge in [-0.1, -0.05) is 24.3 Å². The average molecular weight is 423 g/mol. The second-order valence-electron chi connectivity index (χ2n) is 8.55. The van der Waals surface area contributed by atoms with Crippen LogP contribution >= 0.6 is 0 Å². The van der Waals surface area contributed by atoms with E-state index in [0.717, 1.165) is 39.1 Å². The summed E-state index contributed by atoms with van der Waals surface area (Å²) >= 11 is 0. The van der Waals surface area contributed by atoms with E-state index in [0.29, 0.717) is 24.5 Å². The number of nitrogens with one attached hydrogen (secondary N) is 1. The van der Waals surface area contributed by atoms with Crippen molar-refractivity contribution in [2.24, 2.45) is 0 Å². The third-order valence-electron chi connectivity index (χ3n) is 6.48. The molecule has 2 aromatic carbocycles. The molecule has 1 atom stereocenters. The van der Waals surface area contributed by atoms with Gasteiger partial charge in [-0.05, 0) is 49.7 Å². The number of amides is 1. The van der Waals surface area contributed by atoms with Crippen molar-refractivity contribution in [2.75, 3.05) is 64.9 Å². The Balaban J connectivity index is 1.54. The summed E-state index contributed by atoms with van der Waals surface area (Å²) in [7, 11) is 4.32. The molecule has 0 saturated carbocycles. The third kappa shape index (κ3) is 4.86. The monoisotopic (exact) mass is 422 g/mol. The highest BCUT2D eigenvalue weighted by molar-refractivity contribution is 5.96. The molecule has 2 aliphatic heterocycles. The van der Waals surface area contributed by atoms with Crippen LogP contribution in [0.3, 0.4) is 0 Å². The highest BCUT2D eigenvalue weighted by Crippen LogP contribution is 2.31. The molecule has 1 saturated heterocycles. The first kappa shape index (κ1) is 21.7. The maximum absolute atomic E-state index is 13.0. The van der Waals surface area contributed by atoms with Gasteiger partial charge in [-0.3, -0.25) is 9.69 Å². The lowest BCUT2D eigenvalue weighted by Gasteiger charge is -2.38. The number of benzene rings is 2. The number of likely N-dealkylation sites (N-methyl/N-ethyl adjacent to an activating group) is 2. The molecule has 2 aliphatic rings. The molecule has 6 nitrogen and oxygen atoms in total. The molecule has 1 fully saturated rings. The lowest BCUT2D eigenvalue weighted by Crippen LogP contribution is -2.48. The highest BCUT2D eigenvalue weighted by Gasteiger charge is 2.26. The van der Waals surface area contributed by atoms with E-state index in [9.17, 15) is 4.79 Å².